The van der Waals surface area contributed by atoms with Crippen molar-refractivity contribution in [1.29, 1.82) is 5.26 Å². The summed E-state index contributed by atoms with van der Waals surface area (Å²) in [6.45, 7) is 1.80. The summed E-state index contributed by atoms with van der Waals surface area (Å²) in [4.78, 5) is 14.9. The smallest absolute Gasteiger partial charge is 0.265 e. The maximum absolute atomic E-state index is 13.8. The molecule has 1 aliphatic carbocycles. The fourth-order valence-electron chi connectivity index (χ4n) is 4.67. The van der Waals surface area contributed by atoms with Gasteiger partial charge in [-0.25, -0.2) is 17.5 Å². The summed E-state index contributed by atoms with van der Waals surface area (Å²) in [7, 11) is -4.16. The molecule has 2 aromatic carbocycles. The largest absolute Gasteiger partial charge is 0.416 e. The first kappa shape index (κ1) is 24.5. The SMILES string of the molecule is CC=C1CCCC2=C1C(c1ccc(C#N)cc1)N(S(C)(=O)=O)C(=O)N2c1cccc(C(F)(F)F)c1. The monoisotopic (exact) mass is 501 g/mol. The predicted octanol–water partition coefficient (Wildman–Crippen LogP) is 5.90. The molecule has 35 heavy (non-hydrogen) atoms. The minimum Gasteiger partial charge on any atom is -0.265 e. The van der Waals surface area contributed by atoms with Crippen LogP contribution in [0.15, 0.2) is 71.5 Å². The highest BCUT2D eigenvalue weighted by Gasteiger charge is 2.47. The van der Waals surface area contributed by atoms with Crippen LogP contribution in [0.3, 0.4) is 0 Å². The van der Waals surface area contributed by atoms with Gasteiger partial charge < -0.3 is 0 Å². The fourth-order valence-corrected chi connectivity index (χ4v) is 5.65. The second-order valence-corrected chi connectivity index (χ2v) is 10.2. The third kappa shape index (κ3) is 4.44. The molecule has 0 fully saturated rings. The molecule has 2 aromatic rings. The molecule has 2 amide bonds. The van der Waals surface area contributed by atoms with Gasteiger partial charge in [-0.3, -0.25) is 4.90 Å². The fraction of sp³-hybridized carbons (Fsp3) is 0.280. The Bertz CT molecular complexity index is 1390. The zero-order valence-corrected chi connectivity index (χ0v) is 19.8. The van der Waals surface area contributed by atoms with Gasteiger partial charge in [-0.1, -0.05) is 24.3 Å². The van der Waals surface area contributed by atoms with Gasteiger partial charge in [-0.15, -0.1) is 0 Å². The Labute approximate surface area is 201 Å². The van der Waals surface area contributed by atoms with E-state index in [1.807, 2.05) is 12.1 Å². The Hall–Kier alpha value is -3.58. The number of anilines is 1. The molecule has 0 N–H and O–H groups in total. The summed E-state index contributed by atoms with van der Waals surface area (Å²) >= 11 is 0. The second kappa shape index (κ2) is 8.89. The highest BCUT2D eigenvalue weighted by Crippen LogP contribution is 2.48. The number of hydrogen-bond acceptors (Lipinski definition) is 4. The van der Waals surface area contributed by atoms with Crippen LogP contribution in [0, 0.1) is 11.3 Å². The lowest BCUT2D eigenvalue weighted by Gasteiger charge is -2.45. The molecule has 6 nitrogen and oxygen atoms in total. The minimum absolute atomic E-state index is 0.0541. The molecule has 182 valence electrons. The first-order chi connectivity index (χ1) is 16.5. The van der Waals surface area contributed by atoms with Crippen molar-refractivity contribution >= 4 is 21.7 Å². The molecule has 2 aliphatic rings. The van der Waals surface area contributed by atoms with Crippen molar-refractivity contribution in [2.24, 2.45) is 0 Å². The molecule has 1 aliphatic heterocycles. The second-order valence-electron chi connectivity index (χ2n) is 8.39. The van der Waals surface area contributed by atoms with E-state index in [1.165, 1.54) is 24.3 Å². The summed E-state index contributed by atoms with van der Waals surface area (Å²) in [5.74, 6) is 0. The van der Waals surface area contributed by atoms with E-state index in [0.29, 0.717) is 41.7 Å². The average molecular weight is 502 g/mol. The van der Waals surface area contributed by atoms with E-state index in [0.717, 1.165) is 33.2 Å². The van der Waals surface area contributed by atoms with Crippen molar-refractivity contribution in [2.75, 3.05) is 11.2 Å². The third-order valence-corrected chi connectivity index (χ3v) is 7.25. The molecule has 0 spiro atoms. The van der Waals surface area contributed by atoms with Crippen molar-refractivity contribution in [3.05, 3.63) is 88.1 Å². The van der Waals surface area contributed by atoms with Crippen LogP contribution >= 0.6 is 0 Å². The summed E-state index contributed by atoms with van der Waals surface area (Å²) in [6.07, 6.45) is -0.223. The van der Waals surface area contributed by atoms with E-state index < -0.39 is 33.8 Å². The molecule has 0 bridgehead atoms. The maximum atomic E-state index is 13.8. The minimum atomic E-state index is -4.63. The Balaban J connectivity index is 2.02. The Morgan fingerprint density at radius 2 is 1.80 bits per heavy atom. The third-order valence-electron chi connectivity index (χ3n) is 6.17. The van der Waals surface area contributed by atoms with Gasteiger partial charge in [0.15, 0.2) is 0 Å². The van der Waals surface area contributed by atoms with Crippen LogP contribution in [0.2, 0.25) is 0 Å². The van der Waals surface area contributed by atoms with Crippen LogP contribution in [0.1, 0.15) is 48.9 Å². The number of rotatable bonds is 3. The zero-order valence-electron chi connectivity index (χ0n) is 19.0. The zero-order chi connectivity index (χ0) is 25.5. The number of nitrogens with zero attached hydrogens (tertiary/aromatic N) is 3. The number of carbonyl (C=O) groups is 1. The van der Waals surface area contributed by atoms with Gasteiger partial charge in [-0.2, -0.15) is 18.4 Å². The number of allylic oxidation sites excluding steroid dienone is 2. The number of hydrogen-bond donors (Lipinski definition) is 0. The first-order valence-corrected chi connectivity index (χ1v) is 12.7. The molecule has 0 radical (unpaired) electrons. The Morgan fingerprint density at radius 3 is 2.37 bits per heavy atom. The highest BCUT2D eigenvalue weighted by molar-refractivity contribution is 7.88. The van der Waals surface area contributed by atoms with Crippen LogP contribution in [0.25, 0.3) is 0 Å². The number of alkyl halides is 3. The van der Waals surface area contributed by atoms with Crippen molar-refractivity contribution in [3.8, 4) is 6.07 Å². The molecule has 1 unspecified atom stereocenters. The molecule has 0 saturated carbocycles. The van der Waals surface area contributed by atoms with Crippen LogP contribution in [-0.4, -0.2) is 25.0 Å². The van der Waals surface area contributed by atoms with Gasteiger partial charge in [-0.05, 0) is 67.7 Å². The van der Waals surface area contributed by atoms with E-state index in [2.05, 4.69) is 0 Å². The van der Waals surface area contributed by atoms with Gasteiger partial charge in [0.1, 0.15) is 6.04 Å². The van der Waals surface area contributed by atoms with Gasteiger partial charge in [0.05, 0.1) is 29.1 Å². The normalized spacial score (nSPS) is 20.2. The predicted molar refractivity (Wildman–Crippen MR) is 125 cm³/mol. The Kier molecular flexibility index (Phi) is 6.23. The van der Waals surface area contributed by atoms with Crippen LogP contribution in [0.4, 0.5) is 23.7 Å². The molecular formula is C25H22F3N3O3S. The average Bonchev–Trinajstić information content (AvgIpc) is 2.81. The van der Waals surface area contributed by atoms with E-state index >= 15 is 0 Å². The van der Waals surface area contributed by atoms with Crippen LogP contribution < -0.4 is 4.90 Å². The van der Waals surface area contributed by atoms with Gasteiger partial charge in [0.2, 0.25) is 10.0 Å². The van der Waals surface area contributed by atoms with Gasteiger partial charge in [0.25, 0.3) is 0 Å². The van der Waals surface area contributed by atoms with Gasteiger partial charge in [0, 0.05) is 11.3 Å². The van der Waals surface area contributed by atoms with Gasteiger partial charge >= 0.3 is 12.2 Å². The van der Waals surface area contributed by atoms with E-state index in [9.17, 15) is 26.4 Å². The van der Waals surface area contributed by atoms with Crippen molar-refractivity contribution < 1.29 is 26.4 Å². The summed E-state index contributed by atoms with van der Waals surface area (Å²) in [6, 6.07) is 10.7. The lowest BCUT2D eigenvalue weighted by molar-refractivity contribution is -0.137. The topological polar surface area (TPSA) is 81.5 Å². The number of nitriles is 1. The number of sulfonamides is 1. The van der Waals surface area contributed by atoms with E-state index in [1.54, 1.807) is 19.1 Å². The lowest BCUT2D eigenvalue weighted by atomic mass is 9.81. The summed E-state index contributed by atoms with van der Waals surface area (Å²) in [5, 5.41) is 9.15. The number of benzene rings is 2. The summed E-state index contributed by atoms with van der Waals surface area (Å²) < 4.78 is 67.0. The first-order valence-electron chi connectivity index (χ1n) is 10.9. The Morgan fingerprint density at radius 1 is 1.11 bits per heavy atom. The molecule has 10 heteroatoms. The molecule has 1 atom stereocenters. The van der Waals surface area contributed by atoms with Crippen molar-refractivity contribution in [2.45, 2.75) is 38.4 Å². The number of amides is 2. The van der Waals surface area contributed by atoms with E-state index in [4.69, 9.17) is 5.26 Å². The molecule has 1 heterocycles. The standard InChI is InChI=1S/C25H22F3N3O3S/c1-3-17-6-4-9-21-22(17)23(18-12-10-16(15-29)11-13-18)31(35(2,33)34)24(32)30(21)20-8-5-7-19(14-20)25(26,27)28/h3,5,7-8,10-14,23H,4,6,9H2,1-2H3. The summed E-state index contributed by atoms with van der Waals surface area (Å²) in [5.41, 5.74) is 1.73. The number of halogens is 3. The molecule has 0 saturated heterocycles. The number of carbonyl (C=O) groups excluding carboxylic acids is 1. The van der Waals surface area contributed by atoms with Crippen molar-refractivity contribution in [1.82, 2.24) is 4.31 Å². The molecule has 4 rings (SSSR count). The van der Waals surface area contributed by atoms with Crippen LogP contribution in [-0.2, 0) is 16.2 Å². The highest BCUT2D eigenvalue weighted by atomic mass is 32.2. The number of urea groups is 1. The maximum Gasteiger partial charge on any atom is 0.416 e. The lowest BCUT2D eigenvalue weighted by Crippen LogP contribution is -2.53. The van der Waals surface area contributed by atoms with Crippen LogP contribution in [0.5, 0.6) is 0 Å². The molecular weight excluding hydrogens is 479 g/mol. The molecule has 0 aromatic heterocycles. The van der Waals surface area contributed by atoms with E-state index in [-0.39, 0.29) is 5.69 Å². The van der Waals surface area contributed by atoms with Crippen molar-refractivity contribution in [3.63, 3.8) is 0 Å². The quantitative estimate of drug-likeness (QED) is 0.524.